The maximum Gasteiger partial charge on any atom is 0.242 e. The number of benzene rings is 2. The van der Waals surface area contributed by atoms with Gasteiger partial charge in [0.2, 0.25) is 11.1 Å². The predicted molar refractivity (Wildman–Crippen MR) is 96.2 cm³/mol. The topological polar surface area (TPSA) is 72.7 Å². The van der Waals surface area contributed by atoms with E-state index in [0.717, 1.165) is 18.4 Å². The van der Waals surface area contributed by atoms with Crippen molar-refractivity contribution >= 4 is 23.4 Å². The highest BCUT2D eigenvalue weighted by molar-refractivity contribution is 8.00. The van der Waals surface area contributed by atoms with Crippen molar-refractivity contribution in [1.29, 1.82) is 0 Å². The molecule has 0 unspecified atom stereocenters. The van der Waals surface area contributed by atoms with Crippen molar-refractivity contribution in [2.45, 2.75) is 29.3 Å². The number of tetrazole rings is 1. The van der Waals surface area contributed by atoms with Crippen LogP contribution in [0.1, 0.15) is 29.7 Å². The van der Waals surface area contributed by atoms with Crippen molar-refractivity contribution in [3.05, 3.63) is 66.0 Å². The molecule has 1 aliphatic rings. The largest absolute Gasteiger partial charge is 0.325 e. The number of rotatable bonds is 6. The molecule has 6 nitrogen and oxygen atoms in total. The van der Waals surface area contributed by atoms with Gasteiger partial charge in [0.1, 0.15) is 11.1 Å². The Bertz CT molecular complexity index is 895. The molecule has 2 aromatic carbocycles. The fraction of sp³-hybridized carbons (Fsp3) is 0.222. The van der Waals surface area contributed by atoms with E-state index in [1.54, 1.807) is 4.68 Å². The Balaban J connectivity index is 1.59. The third-order valence-corrected chi connectivity index (χ3v) is 5.23. The van der Waals surface area contributed by atoms with Gasteiger partial charge in [-0.3, -0.25) is 4.79 Å². The molecular formula is C18H16FN5OS. The molecule has 26 heavy (non-hydrogen) atoms. The van der Waals surface area contributed by atoms with Gasteiger partial charge in [0.15, 0.2) is 0 Å². The summed E-state index contributed by atoms with van der Waals surface area (Å²) in [6, 6.07) is 15.5. The van der Waals surface area contributed by atoms with Crippen molar-refractivity contribution in [1.82, 2.24) is 20.2 Å². The smallest absolute Gasteiger partial charge is 0.242 e. The number of carbonyl (C=O) groups excluding carboxylic acids is 1. The molecule has 1 aromatic heterocycles. The summed E-state index contributed by atoms with van der Waals surface area (Å²) in [4.78, 5) is 12.9. The van der Waals surface area contributed by atoms with Crippen LogP contribution in [0.2, 0.25) is 0 Å². The quantitative estimate of drug-likeness (QED) is 0.672. The summed E-state index contributed by atoms with van der Waals surface area (Å²) >= 11 is 1.31. The third-order valence-electron chi connectivity index (χ3n) is 4.03. The van der Waals surface area contributed by atoms with Gasteiger partial charge in [0, 0.05) is 5.69 Å². The van der Waals surface area contributed by atoms with Gasteiger partial charge in [-0.15, -0.1) is 5.10 Å². The summed E-state index contributed by atoms with van der Waals surface area (Å²) in [6.45, 7) is 0. The number of nitrogens with one attached hydrogen (secondary N) is 1. The second kappa shape index (κ2) is 7.25. The fourth-order valence-electron chi connectivity index (χ4n) is 2.56. The van der Waals surface area contributed by atoms with Crippen LogP contribution in [0.4, 0.5) is 10.1 Å². The molecule has 8 heteroatoms. The second-order valence-corrected chi connectivity index (χ2v) is 7.11. The lowest BCUT2D eigenvalue weighted by atomic mass is 10.1. The molecule has 1 amide bonds. The highest BCUT2D eigenvalue weighted by Gasteiger charge is 2.31. The normalized spacial score (nSPS) is 14.8. The van der Waals surface area contributed by atoms with E-state index in [-0.39, 0.29) is 11.7 Å². The molecule has 0 radical (unpaired) electrons. The molecule has 1 aliphatic carbocycles. The van der Waals surface area contributed by atoms with Crippen LogP contribution in [0.3, 0.4) is 0 Å². The molecule has 0 spiro atoms. The van der Waals surface area contributed by atoms with Gasteiger partial charge in [0.25, 0.3) is 0 Å². The molecule has 1 atom stereocenters. The van der Waals surface area contributed by atoms with Crippen molar-refractivity contribution in [3.8, 4) is 0 Å². The average molecular weight is 369 g/mol. The molecule has 1 fully saturated rings. The third kappa shape index (κ3) is 3.75. The average Bonchev–Trinajstić information content (AvgIpc) is 3.40. The van der Waals surface area contributed by atoms with Gasteiger partial charge < -0.3 is 5.32 Å². The molecule has 0 saturated heterocycles. The first-order valence-corrected chi connectivity index (χ1v) is 9.14. The minimum Gasteiger partial charge on any atom is -0.325 e. The van der Waals surface area contributed by atoms with Gasteiger partial charge >= 0.3 is 0 Å². The van der Waals surface area contributed by atoms with Crippen LogP contribution in [-0.2, 0) is 4.79 Å². The van der Waals surface area contributed by atoms with E-state index >= 15 is 0 Å². The number of carbonyl (C=O) groups is 1. The maximum atomic E-state index is 13.1. The Morgan fingerprint density at radius 2 is 1.88 bits per heavy atom. The Kier molecular flexibility index (Phi) is 4.66. The van der Waals surface area contributed by atoms with Crippen LogP contribution in [0, 0.1) is 5.82 Å². The van der Waals surface area contributed by atoms with Crippen molar-refractivity contribution < 1.29 is 9.18 Å². The highest BCUT2D eigenvalue weighted by atomic mass is 32.2. The van der Waals surface area contributed by atoms with Crippen LogP contribution in [0.5, 0.6) is 0 Å². The Hall–Kier alpha value is -2.74. The molecule has 3 aromatic rings. The van der Waals surface area contributed by atoms with E-state index in [9.17, 15) is 9.18 Å². The minimum atomic E-state index is -0.523. The van der Waals surface area contributed by atoms with E-state index in [2.05, 4.69) is 20.8 Å². The zero-order valence-electron chi connectivity index (χ0n) is 13.7. The van der Waals surface area contributed by atoms with Crippen LogP contribution >= 0.6 is 11.8 Å². The predicted octanol–water partition coefficient (Wildman–Crippen LogP) is 3.62. The van der Waals surface area contributed by atoms with E-state index in [4.69, 9.17) is 0 Å². The number of thioether (sulfide) groups is 1. The number of anilines is 1. The van der Waals surface area contributed by atoms with E-state index in [1.165, 1.54) is 36.0 Å². The zero-order chi connectivity index (χ0) is 17.9. The van der Waals surface area contributed by atoms with Crippen LogP contribution in [-0.4, -0.2) is 26.1 Å². The lowest BCUT2D eigenvalue weighted by molar-refractivity contribution is -0.115. The summed E-state index contributed by atoms with van der Waals surface area (Å²) in [5.74, 6) is -0.557. The lowest BCUT2D eigenvalue weighted by Gasteiger charge is -2.16. The van der Waals surface area contributed by atoms with Gasteiger partial charge in [-0.2, -0.15) is 0 Å². The number of hydrogen-bond acceptors (Lipinski definition) is 5. The summed E-state index contributed by atoms with van der Waals surface area (Å²) in [5, 5.41) is 14.8. The van der Waals surface area contributed by atoms with Crippen molar-refractivity contribution in [2.24, 2.45) is 0 Å². The van der Waals surface area contributed by atoms with Gasteiger partial charge in [-0.1, -0.05) is 42.1 Å². The number of hydrogen-bond donors (Lipinski definition) is 1. The molecule has 0 bridgehead atoms. The summed E-state index contributed by atoms with van der Waals surface area (Å²) < 4.78 is 14.9. The van der Waals surface area contributed by atoms with Crippen molar-refractivity contribution in [2.75, 3.05) is 5.32 Å². The second-order valence-electron chi connectivity index (χ2n) is 6.04. The van der Waals surface area contributed by atoms with E-state index in [1.807, 2.05) is 30.3 Å². The van der Waals surface area contributed by atoms with Crippen LogP contribution in [0.25, 0.3) is 0 Å². The zero-order valence-corrected chi connectivity index (χ0v) is 14.6. The molecule has 1 saturated carbocycles. The monoisotopic (exact) mass is 369 g/mol. The number of amides is 1. The summed E-state index contributed by atoms with van der Waals surface area (Å²) in [6.07, 6.45) is 2.10. The SMILES string of the molecule is O=C(Nc1ccc(F)cc1)[C@H](Sc1nnnn1C1CC1)c1ccccc1. The Morgan fingerprint density at radius 3 is 2.58 bits per heavy atom. The lowest BCUT2D eigenvalue weighted by Crippen LogP contribution is -2.19. The number of halogens is 1. The molecular weight excluding hydrogens is 353 g/mol. The van der Waals surface area contributed by atoms with Crippen LogP contribution in [0.15, 0.2) is 59.8 Å². The first-order chi connectivity index (χ1) is 12.7. The number of aromatic nitrogens is 4. The minimum absolute atomic E-state index is 0.210. The maximum absolute atomic E-state index is 13.1. The first-order valence-electron chi connectivity index (χ1n) is 8.26. The Labute approximate surface area is 153 Å². The summed E-state index contributed by atoms with van der Waals surface area (Å²) in [7, 11) is 0. The molecule has 1 N–H and O–H groups in total. The van der Waals surface area contributed by atoms with Crippen LogP contribution < -0.4 is 5.32 Å². The molecule has 132 valence electrons. The molecule has 1 heterocycles. The van der Waals surface area contributed by atoms with Gasteiger partial charge in [0.05, 0.1) is 6.04 Å². The molecule has 4 rings (SSSR count). The Morgan fingerprint density at radius 1 is 1.15 bits per heavy atom. The summed E-state index contributed by atoms with van der Waals surface area (Å²) in [5.41, 5.74) is 1.39. The fourth-order valence-corrected chi connectivity index (χ4v) is 3.61. The highest BCUT2D eigenvalue weighted by Crippen LogP contribution is 2.40. The van der Waals surface area contributed by atoms with Crippen molar-refractivity contribution in [3.63, 3.8) is 0 Å². The van der Waals surface area contributed by atoms with Gasteiger partial charge in [-0.05, 0) is 53.1 Å². The molecule has 0 aliphatic heterocycles. The van der Waals surface area contributed by atoms with E-state index in [0.29, 0.717) is 16.9 Å². The number of nitrogens with zero attached hydrogens (tertiary/aromatic N) is 4. The first kappa shape index (κ1) is 16.7. The van der Waals surface area contributed by atoms with Gasteiger partial charge in [-0.25, -0.2) is 9.07 Å². The standard InChI is InChI=1S/C18H16FN5OS/c19-13-6-8-14(9-7-13)20-17(25)16(12-4-2-1-3-5-12)26-18-21-22-23-24(18)15-10-11-15/h1-9,15-16H,10-11H2,(H,20,25)/t16-/m1/s1. The van der Waals surface area contributed by atoms with E-state index < -0.39 is 5.25 Å².